The summed E-state index contributed by atoms with van der Waals surface area (Å²) < 4.78 is 0. The van der Waals surface area contributed by atoms with Crippen molar-refractivity contribution in [1.82, 2.24) is 15.1 Å². The van der Waals surface area contributed by atoms with Crippen molar-refractivity contribution < 1.29 is 4.79 Å². The normalized spacial score (nSPS) is 22.3. The molecule has 0 unspecified atom stereocenters. The quantitative estimate of drug-likeness (QED) is 0.840. The second-order valence-electron chi connectivity index (χ2n) is 7.18. The molecule has 0 spiro atoms. The zero-order chi connectivity index (χ0) is 15.6. The molecule has 0 aromatic carbocycles. The summed E-state index contributed by atoms with van der Waals surface area (Å²) >= 11 is 0. The third kappa shape index (κ3) is 3.06. The van der Waals surface area contributed by atoms with Crippen molar-refractivity contribution in [3.05, 3.63) is 17.3 Å². The Morgan fingerprint density at radius 1 is 0.957 bits per heavy atom. The summed E-state index contributed by atoms with van der Waals surface area (Å²) in [7, 11) is 0. The Morgan fingerprint density at radius 3 is 2.52 bits per heavy atom. The van der Waals surface area contributed by atoms with Gasteiger partial charge in [-0.05, 0) is 43.7 Å². The van der Waals surface area contributed by atoms with Crippen molar-refractivity contribution in [2.75, 3.05) is 31.1 Å². The van der Waals surface area contributed by atoms with Crippen LogP contribution in [0.3, 0.4) is 0 Å². The van der Waals surface area contributed by atoms with Crippen LogP contribution in [0.5, 0.6) is 0 Å². The van der Waals surface area contributed by atoms with Gasteiger partial charge < -0.3 is 9.80 Å². The van der Waals surface area contributed by atoms with Gasteiger partial charge in [-0.25, -0.2) is 0 Å². The van der Waals surface area contributed by atoms with E-state index in [1.807, 2.05) is 0 Å². The third-order valence-electron chi connectivity index (χ3n) is 5.68. The summed E-state index contributed by atoms with van der Waals surface area (Å²) in [5.41, 5.74) is 2.55. The predicted octanol–water partition coefficient (Wildman–Crippen LogP) is 2.19. The highest BCUT2D eigenvalue weighted by molar-refractivity contribution is 5.79. The molecule has 4 rings (SSSR count). The van der Waals surface area contributed by atoms with Gasteiger partial charge in [0.25, 0.3) is 0 Å². The number of hydrogen-bond acceptors (Lipinski definition) is 4. The summed E-state index contributed by atoms with van der Waals surface area (Å²) in [5.74, 6) is 1.68. The molecule has 1 aromatic heterocycles. The molecule has 1 amide bonds. The summed E-state index contributed by atoms with van der Waals surface area (Å²) in [5, 5.41) is 8.80. The third-order valence-corrected chi connectivity index (χ3v) is 5.68. The average Bonchev–Trinajstić information content (AvgIpc) is 3.10. The fourth-order valence-electron chi connectivity index (χ4n) is 4.24. The second-order valence-corrected chi connectivity index (χ2v) is 7.18. The lowest BCUT2D eigenvalue weighted by molar-refractivity contribution is -0.136. The topological polar surface area (TPSA) is 49.3 Å². The van der Waals surface area contributed by atoms with Gasteiger partial charge >= 0.3 is 0 Å². The summed E-state index contributed by atoms with van der Waals surface area (Å²) in [6.07, 6.45) is 9.35. The van der Waals surface area contributed by atoms with Crippen LogP contribution in [-0.2, 0) is 17.6 Å². The minimum Gasteiger partial charge on any atom is -0.352 e. The van der Waals surface area contributed by atoms with E-state index in [-0.39, 0.29) is 5.92 Å². The summed E-state index contributed by atoms with van der Waals surface area (Å²) in [6.45, 7) is 3.42. The molecule has 5 nitrogen and oxygen atoms in total. The molecule has 5 heteroatoms. The maximum absolute atomic E-state index is 12.6. The lowest BCUT2D eigenvalue weighted by atomic mass is 9.88. The Labute approximate surface area is 138 Å². The molecular weight excluding hydrogens is 288 g/mol. The van der Waals surface area contributed by atoms with Crippen molar-refractivity contribution in [2.45, 2.75) is 51.4 Å². The molecule has 0 atom stereocenters. The molecule has 0 N–H and O–H groups in total. The average molecular weight is 314 g/mol. The van der Waals surface area contributed by atoms with Crippen molar-refractivity contribution >= 4 is 11.7 Å². The number of aryl methyl sites for hydroxylation is 2. The first-order chi connectivity index (χ1) is 11.3. The zero-order valence-electron chi connectivity index (χ0n) is 13.8. The van der Waals surface area contributed by atoms with Crippen LogP contribution in [0.2, 0.25) is 0 Å². The number of piperazine rings is 1. The van der Waals surface area contributed by atoms with Crippen LogP contribution < -0.4 is 4.90 Å². The summed E-state index contributed by atoms with van der Waals surface area (Å²) in [4.78, 5) is 17.0. The summed E-state index contributed by atoms with van der Waals surface area (Å²) in [6, 6.07) is 2.22. The highest BCUT2D eigenvalue weighted by Crippen LogP contribution is 2.27. The van der Waals surface area contributed by atoms with Gasteiger partial charge in [0.2, 0.25) is 5.91 Å². The number of aromatic nitrogens is 2. The molecule has 23 heavy (non-hydrogen) atoms. The first-order valence-electron chi connectivity index (χ1n) is 9.20. The monoisotopic (exact) mass is 314 g/mol. The lowest BCUT2D eigenvalue weighted by Crippen LogP contribution is -2.50. The molecule has 1 saturated heterocycles. The molecule has 1 aromatic rings. The van der Waals surface area contributed by atoms with Crippen LogP contribution in [-0.4, -0.2) is 47.2 Å². The molecule has 3 aliphatic rings. The Kier molecular flexibility index (Phi) is 4.19. The standard InChI is InChI=1S/C18H26N4O/c23-18(14-5-2-1-3-6-14)22-11-9-21(10-12-22)17-13-15-7-4-8-16(15)19-20-17/h13-14H,1-12H2. The fraction of sp³-hybridized carbons (Fsp3) is 0.722. The highest BCUT2D eigenvalue weighted by Gasteiger charge is 2.29. The van der Waals surface area contributed by atoms with Crippen LogP contribution in [0.1, 0.15) is 49.8 Å². The highest BCUT2D eigenvalue weighted by atomic mass is 16.2. The van der Waals surface area contributed by atoms with E-state index in [0.29, 0.717) is 5.91 Å². The van der Waals surface area contributed by atoms with Crippen molar-refractivity contribution in [2.24, 2.45) is 5.92 Å². The first kappa shape index (κ1) is 14.9. The van der Waals surface area contributed by atoms with Gasteiger partial charge in [-0.3, -0.25) is 4.79 Å². The Hall–Kier alpha value is -1.65. The number of hydrogen-bond donors (Lipinski definition) is 0. The molecule has 0 radical (unpaired) electrons. The van der Waals surface area contributed by atoms with Crippen LogP contribution in [0, 0.1) is 5.92 Å². The lowest BCUT2D eigenvalue weighted by Gasteiger charge is -2.37. The van der Waals surface area contributed by atoms with E-state index in [0.717, 1.165) is 57.7 Å². The Bertz CT molecular complexity index is 574. The van der Waals surface area contributed by atoms with E-state index in [9.17, 15) is 4.79 Å². The van der Waals surface area contributed by atoms with E-state index in [2.05, 4.69) is 26.1 Å². The Morgan fingerprint density at radius 2 is 1.74 bits per heavy atom. The molecule has 1 aliphatic heterocycles. The maximum Gasteiger partial charge on any atom is 0.225 e. The SMILES string of the molecule is O=C(C1CCCCC1)N1CCN(c2cc3c(nn2)CCC3)CC1. The number of fused-ring (bicyclic) bond motifs is 1. The van der Waals surface area contributed by atoms with E-state index in [1.54, 1.807) is 0 Å². The van der Waals surface area contributed by atoms with Crippen LogP contribution in [0.4, 0.5) is 5.82 Å². The van der Waals surface area contributed by atoms with Crippen LogP contribution in [0.15, 0.2) is 6.07 Å². The fourth-order valence-corrected chi connectivity index (χ4v) is 4.24. The molecule has 1 saturated carbocycles. The molecular formula is C18H26N4O. The second kappa shape index (κ2) is 6.46. The van der Waals surface area contributed by atoms with Gasteiger partial charge in [0.15, 0.2) is 5.82 Å². The minimum absolute atomic E-state index is 0.287. The minimum atomic E-state index is 0.287. The van der Waals surface area contributed by atoms with Gasteiger partial charge in [-0.15, -0.1) is 5.10 Å². The number of carbonyl (C=O) groups is 1. The molecule has 2 fully saturated rings. The number of amides is 1. The number of rotatable bonds is 2. The van der Waals surface area contributed by atoms with Crippen LogP contribution >= 0.6 is 0 Å². The maximum atomic E-state index is 12.6. The first-order valence-corrected chi connectivity index (χ1v) is 9.20. The van der Waals surface area contributed by atoms with Gasteiger partial charge in [0.1, 0.15) is 0 Å². The smallest absolute Gasteiger partial charge is 0.225 e. The molecule has 124 valence electrons. The van der Waals surface area contributed by atoms with E-state index >= 15 is 0 Å². The van der Waals surface area contributed by atoms with E-state index < -0.39 is 0 Å². The molecule has 2 heterocycles. The number of anilines is 1. The Balaban J connectivity index is 1.36. The van der Waals surface area contributed by atoms with Gasteiger partial charge in [-0.2, -0.15) is 5.10 Å². The molecule has 2 aliphatic carbocycles. The van der Waals surface area contributed by atoms with Crippen LogP contribution in [0.25, 0.3) is 0 Å². The van der Waals surface area contributed by atoms with Crippen molar-refractivity contribution in [3.8, 4) is 0 Å². The van der Waals surface area contributed by atoms with Crippen molar-refractivity contribution in [3.63, 3.8) is 0 Å². The van der Waals surface area contributed by atoms with E-state index in [4.69, 9.17) is 0 Å². The molecule has 0 bridgehead atoms. The number of nitrogens with zero attached hydrogens (tertiary/aromatic N) is 4. The van der Waals surface area contributed by atoms with Gasteiger partial charge in [0, 0.05) is 32.1 Å². The number of carbonyl (C=O) groups excluding carboxylic acids is 1. The zero-order valence-corrected chi connectivity index (χ0v) is 13.8. The van der Waals surface area contributed by atoms with Gasteiger partial charge in [0.05, 0.1) is 5.69 Å². The largest absolute Gasteiger partial charge is 0.352 e. The predicted molar refractivity (Wildman–Crippen MR) is 89.4 cm³/mol. The van der Waals surface area contributed by atoms with Gasteiger partial charge in [-0.1, -0.05) is 19.3 Å². The van der Waals surface area contributed by atoms with E-state index in [1.165, 1.54) is 36.9 Å². The van der Waals surface area contributed by atoms with Crippen molar-refractivity contribution in [1.29, 1.82) is 0 Å².